The molecule has 2 aromatic rings. The highest BCUT2D eigenvalue weighted by molar-refractivity contribution is 6.34. The Hall–Kier alpha value is -1.06. The number of rotatable bonds is 6. The summed E-state index contributed by atoms with van der Waals surface area (Å²) in [5, 5.41) is 1.40. The lowest BCUT2D eigenvalue weighted by Gasteiger charge is -2.21. The minimum atomic E-state index is 0.511. The van der Waals surface area contributed by atoms with Crippen LogP contribution in [0.15, 0.2) is 24.3 Å². The molecule has 0 aliphatic heterocycles. The van der Waals surface area contributed by atoms with Crippen LogP contribution in [0.2, 0.25) is 5.15 Å². The van der Waals surface area contributed by atoms with Crippen molar-refractivity contribution in [3.05, 3.63) is 29.4 Å². The molecule has 3 nitrogen and oxygen atoms in total. The van der Waals surface area contributed by atoms with Crippen molar-refractivity contribution >= 4 is 40.1 Å². The molecule has 0 atom stereocenters. The molecule has 1 heterocycles. The summed E-state index contributed by atoms with van der Waals surface area (Å²) in [5.74, 6) is 1.39. The van der Waals surface area contributed by atoms with E-state index < -0.39 is 0 Å². The number of fused-ring (bicyclic) bond motifs is 1. The molecule has 1 aromatic heterocycles. The number of benzene rings is 1. The van der Waals surface area contributed by atoms with E-state index in [1.165, 1.54) is 0 Å². The molecule has 0 N–H and O–H groups in total. The highest BCUT2D eigenvalue weighted by Crippen LogP contribution is 2.23. The Kier molecular flexibility index (Phi) is 5.23. The lowest BCUT2D eigenvalue weighted by Crippen LogP contribution is -2.26. The van der Waals surface area contributed by atoms with Crippen LogP contribution in [0.4, 0.5) is 5.95 Å². The molecule has 102 valence electrons. The second-order valence-corrected chi connectivity index (χ2v) is 5.04. The zero-order valence-corrected chi connectivity index (χ0v) is 12.5. The summed E-state index contributed by atoms with van der Waals surface area (Å²) in [6.07, 6.45) is 2.03. The lowest BCUT2D eigenvalue weighted by molar-refractivity contribution is 0.718. The summed E-state index contributed by atoms with van der Waals surface area (Å²) in [5.41, 5.74) is 0.883. The van der Waals surface area contributed by atoms with Gasteiger partial charge in [0, 0.05) is 24.4 Å². The molecule has 2 rings (SSSR count). The van der Waals surface area contributed by atoms with Crippen molar-refractivity contribution in [3.8, 4) is 0 Å². The zero-order chi connectivity index (χ0) is 13.7. The Morgan fingerprint density at radius 1 is 1.16 bits per heavy atom. The van der Waals surface area contributed by atoms with Crippen LogP contribution in [-0.4, -0.2) is 28.9 Å². The first-order valence-electron chi connectivity index (χ1n) is 6.49. The number of unbranched alkanes of at least 4 members (excludes halogenated alkanes) is 1. The Bertz CT molecular complexity index is 545. The maximum Gasteiger partial charge on any atom is 0.227 e. The van der Waals surface area contributed by atoms with Crippen LogP contribution >= 0.6 is 23.2 Å². The second-order valence-electron chi connectivity index (χ2n) is 4.31. The van der Waals surface area contributed by atoms with Gasteiger partial charge in [-0.3, -0.25) is 0 Å². The van der Waals surface area contributed by atoms with E-state index in [0.717, 1.165) is 36.8 Å². The fraction of sp³-hybridized carbons (Fsp3) is 0.429. The number of hydrogen-bond acceptors (Lipinski definition) is 3. The predicted molar refractivity (Wildman–Crippen MR) is 82.4 cm³/mol. The van der Waals surface area contributed by atoms with E-state index in [9.17, 15) is 0 Å². The molecular weight excluding hydrogens is 281 g/mol. The molecule has 0 amide bonds. The van der Waals surface area contributed by atoms with Gasteiger partial charge in [0.2, 0.25) is 5.95 Å². The summed E-state index contributed by atoms with van der Waals surface area (Å²) in [7, 11) is 0. The first-order valence-corrected chi connectivity index (χ1v) is 7.40. The monoisotopic (exact) mass is 297 g/mol. The van der Waals surface area contributed by atoms with Gasteiger partial charge in [-0.05, 0) is 31.9 Å². The third kappa shape index (κ3) is 3.48. The lowest BCUT2D eigenvalue weighted by atomic mass is 10.2. The van der Waals surface area contributed by atoms with Gasteiger partial charge in [0.1, 0.15) is 5.15 Å². The average Bonchev–Trinajstić information content (AvgIpc) is 2.44. The average molecular weight is 298 g/mol. The number of anilines is 1. The molecule has 0 radical (unpaired) electrons. The molecule has 0 fully saturated rings. The predicted octanol–water partition coefficient (Wildman–Crippen LogP) is 4.13. The number of halogens is 2. The quantitative estimate of drug-likeness (QED) is 0.456. The standard InChI is InChI=1S/C14H17Cl2N3/c1-2-19(10-6-5-9-15)14-17-12-8-4-3-7-11(12)13(16)18-14/h3-4,7-8H,2,5-6,9-10H2,1H3. The highest BCUT2D eigenvalue weighted by atomic mass is 35.5. The maximum absolute atomic E-state index is 6.23. The minimum Gasteiger partial charge on any atom is -0.341 e. The Balaban J connectivity index is 2.27. The fourth-order valence-corrected chi connectivity index (χ4v) is 2.39. The highest BCUT2D eigenvalue weighted by Gasteiger charge is 2.11. The molecule has 0 aliphatic rings. The van der Waals surface area contributed by atoms with Gasteiger partial charge in [-0.2, -0.15) is 0 Å². The van der Waals surface area contributed by atoms with E-state index >= 15 is 0 Å². The summed E-state index contributed by atoms with van der Waals surface area (Å²) >= 11 is 11.9. The molecule has 0 spiro atoms. The molecule has 0 aliphatic carbocycles. The van der Waals surface area contributed by atoms with E-state index in [1.54, 1.807) is 0 Å². The molecule has 5 heteroatoms. The molecule has 0 unspecified atom stereocenters. The van der Waals surface area contributed by atoms with Gasteiger partial charge in [0.15, 0.2) is 0 Å². The zero-order valence-electron chi connectivity index (χ0n) is 10.9. The van der Waals surface area contributed by atoms with E-state index in [-0.39, 0.29) is 0 Å². The van der Waals surface area contributed by atoms with Crippen LogP contribution in [0.3, 0.4) is 0 Å². The Morgan fingerprint density at radius 2 is 1.95 bits per heavy atom. The van der Waals surface area contributed by atoms with Crippen molar-refractivity contribution in [1.82, 2.24) is 9.97 Å². The van der Waals surface area contributed by atoms with Gasteiger partial charge in [0.25, 0.3) is 0 Å². The smallest absolute Gasteiger partial charge is 0.227 e. The minimum absolute atomic E-state index is 0.511. The van der Waals surface area contributed by atoms with Crippen LogP contribution in [0.25, 0.3) is 10.9 Å². The van der Waals surface area contributed by atoms with Crippen molar-refractivity contribution in [2.45, 2.75) is 19.8 Å². The van der Waals surface area contributed by atoms with Crippen LogP contribution in [0, 0.1) is 0 Å². The summed E-state index contributed by atoms with van der Waals surface area (Å²) in [6.45, 7) is 3.85. The largest absolute Gasteiger partial charge is 0.341 e. The Labute approximate surface area is 123 Å². The van der Waals surface area contributed by atoms with Gasteiger partial charge in [0.05, 0.1) is 5.52 Å². The van der Waals surface area contributed by atoms with E-state index in [0.29, 0.717) is 17.0 Å². The SMILES string of the molecule is CCN(CCCCCl)c1nc(Cl)c2ccccc2n1. The second kappa shape index (κ2) is 6.92. The number of aromatic nitrogens is 2. The van der Waals surface area contributed by atoms with Crippen LogP contribution in [-0.2, 0) is 0 Å². The van der Waals surface area contributed by atoms with Crippen molar-refractivity contribution in [2.24, 2.45) is 0 Å². The van der Waals surface area contributed by atoms with Gasteiger partial charge in [-0.25, -0.2) is 9.97 Å². The van der Waals surface area contributed by atoms with E-state index in [1.807, 2.05) is 24.3 Å². The van der Waals surface area contributed by atoms with E-state index in [4.69, 9.17) is 23.2 Å². The number of para-hydroxylation sites is 1. The fourth-order valence-electron chi connectivity index (χ4n) is 1.96. The summed E-state index contributed by atoms with van der Waals surface area (Å²) in [4.78, 5) is 11.1. The van der Waals surface area contributed by atoms with E-state index in [2.05, 4.69) is 21.8 Å². The molecule has 0 saturated heterocycles. The number of hydrogen-bond donors (Lipinski definition) is 0. The van der Waals surface area contributed by atoms with Crippen molar-refractivity contribution in [3.63, 3.8) is 0 Å². The van der Waals surface area contributed by atoms with Crippen LogP contribution < -0.4 is 4.90 Å². The van der Waals surface area contributed by atoms with Crippen molar-refractivity contribution in [2.75, 3.05) is 23.9 Å². The molecule has 0 saturated carbocycles. The number of alkyl halides is 1. The van der Waals surface area contributed by atoms with Gasteiger partial charge in [-0.1, -0.05) is 23.7 Å². The van der Waals surface area contributed by atoms with Crippen molar-refractivity contribution < 1.29 is 0 Å². The third-order valence-electron chi connectivity index (χ3n) is 3.02. The number of nitrogens with zero attached hydrogens (tertiary/aromatic N) is 3. The summed E-state index contributed by atoms with van der Waals surface area (Å²) < 4.78 is 0. The maximum atomic E-state index is 6.23. The van der Waals surface area contributed by atoms with Gasteiger partial charge >= 0.3 is 0 Å². The first kappa shape index (κ1) is 14.4. The van der Waals surface area contributed by atoms with Gasteiger partial charge < -0.3 is 4.90 Å². The molecule has 1 aromatic carbocycles. The van der Waals surface area contributed by atoms with Crippen LogP contribution in [0.1, 0.15) is 19.8 Å². The first-order chi connectivity index (χ1) is 9.26. The van der Waals surface area contributed by atoms with Gasteiger partial charge in [-0.15, -0.1) is 11.6 Å². The third-order valence-corrected chi connectivity index (χ3v) is 3.58. The molecule has 0 bridgehead atoms. The topological polar surface area (TPSA) is 29.0 Å². The summed E-state index contributed by atoms with van der Waals surface area (Å²) in [6, 6.07) is 7.79. The Morgan fingerprint density at radius 3 is 2.68 bits per heavy atom. The van der Waals surface area contributed by atoms with Crippen LogP contribution in [0.5, 0.6) is 0 Å². The molecular formula is C14H17Cl2N3. The van der Waals surface area contributed by atoms with Crippen molar-refractivity contribution in [1.29, 1.82) is 0 Å². The molecule has 19 heavy (non-hydrogen) atoms. The normalized spacial score (nSPS) is 10.9.